The highest BCUT2D eigenvalue weighted by atomic mass is 16.6. The number of amides is 1. The van der Waals surface area contributed by atoms with Gasteiger partial charge in [0.05, 0.1) is 18.7 Å². The van der Waals surface area contributed by atoms with Crippen molar-refractivity contribution in [3.8, 4) is 0 Å². The second-order valence-corrected chi connectivity index (χ2v) is 6.63. The maximum absolute atomic E-state index is 12.1. The van der Waals surface area contributed by atoms with Crippen LogP contribution in [0.1, 0.15) is 26.3 Å². The minimum atomic E-state index is -0.834. The molecule has 0 fully saturated rings. The number of benzene rings is 1. The summed E-state index contributed by atoms with van der Waals surface area (Å²) in [4.78, 5) is 15.9. The van der Waals surface area contributed by atoms with Gasteiger partial charge in [0, 0.05) is 0 Å². The lowest BCUT2D eigenvalue weighted by Crippen LogP contribution is -2.48. The number of aliphatic hydroxyl groups excluding tert-OH is 1. The van der Waals surface area contributed by atoms with Crippen LogP contribution in [0.2, 0.25) is 0 Å². The third-order valence-electron chi connectivity index (χ3n) is 3.31. The van der Waals surface area contributed by atoms with Crippen molar-refractivity contribution in [1.29, 1.82) is 0 Å². The Hall–Kier alpha value is -2.41. The van der Waals surface area contributed by atoms with E-state index in [9.17, 15) is 9.90 Å². The van der Waals surface area contributed by atoms with Gasteiger partial charge in [-0.1, -0.05) is 30.3 Å². The first kappa shape index (κ1) is 17.9. The van der Waals surface area contributed by atoms with Crippen molar-refractivity contribution in [3.63, 3.8) is 0 Å². The van der Waals surface area contributed by atoms with Crippen LogP contribution in [0.5, 0.6) is 0 Å². The first-order chi connectivity index (χ1) is 11.3. The van der Waals surface area contributed by atoms with Gasteiger partial charge < -0.3 is 15.2 Å². The van der Waals surface area contributed by atoms with Crippen LogP contribution in [0, 0.1) is 0 Å². The Balaban J connectivity index is 2.06. The van der Waals surface area contributed by atoms with Crippen molar-refractivity contribution in [1.82, 2.24) is 20.1 Å². The van der Waals surface area contributed by atoms with Gasteiger partial charge in [-0.25, -0.2) is 9.78 Å². The number of carbonyl (C=O) groups excluding carboxylic acids is 1. The van der Waals surface area contributed by atoms with Crippen molar-refractivity contribution >= 4 is 6.09 Å². The van der Waals surface area contributed by atoms with E-state index < -0.39 is 23.8 Å². The summed E-state index contributed by atoms with van der Waals surface area (Å²) in [6.45, 7) is 5.62. The molecule has 1 aromatic carbocycles. The Bertz CT molecular complexity index is 623. The molecule has 130 valence electrons. The minimum Gasteiger partial charge on any atom is -0.444 e. The van der Waals surface area contributed by atoms with Crippen LogP contribution >= 0.6 is 0 Å². The van der Waals surface area contributed by atoms with E-state index in [0.717, 1.165) is 5.56 Å². The zero-order chi connectivity index (χ0) is 17.6. The highest BCUT2D eigenvalue weighted by molar-refractivity contribution is 5.68. The summed E-state index contributed by atoms with van der Waals surface area (Å²) >= 11 is 0. The normalized spacial score (nSPS) is 14.0. The molecule has 1 amide bonds. The molecule has 24 heavy (non-hydrogen) atoms. The number of nitrogens with zero attached hydrogens (tertiary/aromatic N) is 3. The van der Waals surface area contributed by atoms with Crippen molar-refractivity contribution in [2.45, 2.75) is 51.5 Å². The summed E-state index contributed by atoms with van der Waals surface area (Å²) < 4.78 is 6.82. The van der Waals surface area contributed by atoms with E-state index >= 15 is 0 Å². The first-order valence-corrected chi connectivity index (χ1v) is 7.87. The predicted molar refractivity (Wildman–Crippen MR) is 89.3 cm³/mol. The Morgan fingerprint density at radius 3 is 2.62 bits per heavy atom. The van der Waals surface area contributed by atoms with Crippen LogP contribution in [0.3, 0.4) is 0 Å². The molecule has 0 unspecified atom stereocenters. The van der Waals surface area contributed by atoms with Gasteiger partial charge in [0.25, 0.3) is 0 Å². The number of nitrogens with one attached hydrogen (secondary N) is 1. The molecule has 1 heterocycles. The summed E-state index contributed by atoms with van der Waals surface area (Å²) in [6.07, 6.45) is 2.02. The third-order valence-corrected chi connectivity index (χ3v) is 3.31. The van der Waals surface area contributed by atoms with Gasteiger partial charge in [-0.3, -0.25) is 4.68 Å². The van der Waals surface area contributed by atoms with Crippen molar-refractivity contribution in [3.05, 3.63) is 48.5 Å². The fraction of sp³-hybridized carbons (Fsp3) is 0.471. The van der Waals surface area contributed by atoms with Gasteiger partial charge in [0.15, 0.2) is 0 Å². The van der Waals surface area contributed by atoms with Gasteiger partial charge in [0.1, 0.15) is 18.3 Å². The summed E-state index contributed by atoms with van der Waals surface area (Å²) in [5, 5.41) is 17.3. The standard InChI is InChI=1S/C17H24N4O3/c1-17(2,3)24-16(23)20-14(9-13-7-5-4-6-8-13)15(22)10-21-12-18-11-19-21/h4-8,11-12,14-15,22H,9-10H2,1-3H3,(H,20,23)/t14-,15-/m1/s1. The highest BCUT2D eigenvalue weighted by Gasteiger charge is 2.25. The Morgan fingerprint density at radius 2 is 2.04 bits per heavy atom. The van der Waals surface area contributed by atoms with E-state index in [1.807, 2.05) is 30.3 Å². The second kappa shape index (κ2) is 7.92. The van der Waals surface area contributed by atoms with Gasteiger partial charge in [-0.05, 0) is 32.8 Å². The summed E-state index contributed by atoms with van der Waals surface area (Å²) in [6, 6.07) is 9.16. The SMILES string of the molecule is CC(C)(C)OC(=O)N[C@H](Cc1ccccc1)[C@H](O)Cn1cncn1. The number of aliphatic hydroxyl groups is 1. The van der Waals surface area contributed by atoms with Crippen molar-refractivity contribution in [2.75, 3.05) is 0 Å². The van der Waals surface area contributed by atoms with Crippen LogP contribution < -0.4 is 5.32 Å². The molecule has 1 aromatic heterocycles. The van der Waals surface area contributed by atoms with E-state index in [4.69, 9.17) is 4.74 Å². The predicted octanol–water partition coefficient (Wildman–Crippen LogP) is 1.77. The lowest BCUT2D eigenvalue weighted by atomic mass is 10.0. The van der Waals surface area contributed by atoms with Crippen molar-refractivity contribution in [2.24, 2.45) is 0 Å². The summed E-state index contributed by atoms with van der Waals surface area (Å²) in [7, 11) is 0. The van der Waals surface area contributed by atoms with Gasteiger partial charge >= 0.3 is 6.09 Å². The molecule has 0 radical (unpaired) electrons. The number of ether oxygens (including phenoxy) is 1. The maximum Gasteiger partial charge on any atom is 0.407 e. The highest BCUT2D eigenvalue weighted by Crippen LogP contribution is 2.11. The van der Waals surface area contributed by atoms with Gasteiger partial charge in [0.2, 0.25) is 0 Å². The number of hydrogen-bond donors (Lipinski definition) is 2. The molecule has 2 atom stereocenters. The zero-order valence-electron chi connectivity index (χ0n) is 14.2. The van der Waals surface area contributed by atoms with E-state index in [1.165, 1.54) is 17.3 Å². The first-order valence-electron chi connectivity index (χ1n) is 7.87. The maximum atomic E-state index is 12.1. The lowest BCUT2D eigenvalue weighted by molar-refractivity contribution is 0.0398. The van der Waals surface area contributed by atoms with E-state index in [0.29, 0.717) is 6.42 Å². The fourth-order valence-corrected chi connectivity index (χ4v) is 2.26. The molecule has 7 nitrogen and oxygen atoms in total. The monoisotopic (exact) mass is 332 g/mol. The number of carbonyl (C=O) groups is 1. The molecule has 0 aliphatic rings. The topological polar surface area (TPSA) is 89.3 Å². The van der Waals surface area contributed by atoms with Crippen LogP contribution in [-0.2, 0) is 17.7 Å². The molecule has 0 aliphatic carbocycles. The molecule has 0 saturated heterocycles. The Morgan fingerprint density at radius 1 is 1.33 bits per heavy atom. The number of alkyl carbamates (subject to hydrolysis) is 1. The fourth-order valence-electron chi connectivity index (χ4n) is 2.26. The molecular formula is C17H24N4O3. The molecule has 2 rings (SSSR count). The van der Waals surface area contributed by atoms with Crippen molar-refractivity contribution < 1.29 is 14.6 Å². The average molecular weight is 332 g/mol. The van der Waals surface area contributed by atoms with Crippen LogP contribution in [-0.4, -0.2) is 43.7 Å². The largest absolute Gasteiger partial charge is 0.444 e. The number of aromatic nitrogens is 3. The second-order valence-electron chi connectivity index (χ2n) is 6.63. The van der Waals surface area contributed by atoms with Crippen LogP contribution in [0.15, 0.2) is 43.0 Å². The smallest absolute Gasteiger partial charge is 0.407 e. The molecule has 0 bridgehead atoms. The van der Waals surface area contributed by atoms with E-state index in [-0.39, 0.29) is 6.54 Å². The van der Waals surface area contributed by atoms with E-state index in [1.54, 1.807) is 20.8 Å². The zero-order valence-corrected chi connectivity index (χ0v) is 14.2. The van der Waals surface area contributed by atoms with Crippen LogP contribution in [0.25, 0.3) is 0 Å². The van der Waals surface area contributed by atoms with Gasteiger partial charge in [-0.2, -0.15) is 5.10 Å². The Kier molecular flexibility index (Phi) is 5.92. The summed E-state index contributed by atoms with van der Waals surface area (Å²) in [5.41, 5.74) is 0.411. The Labute approximate surface area is 141 Å². The molecule has 7 heteroatoms. The molecule has 0 saturated carbocycles. The average Bonchev–Trinajstić information content (AvgIpc) is 2.98. The third kappa shape index (κ3) is 6.00. The summed E-state index contributed by atoms with van der Waals surface area (Å²) in [5.74, 6) is 0. The number of rotatable bonds is 6. The van der Waals surface area contributed by atoms with Crippen LogP contribution in [0.4, 0.5) is 4.79 Å². The quantitative estimate of drug-likeness (QED) is 0.841. The molecule has 0 spiro atoms. The lowest BCUT2D eigenvalue weighted by Gasteiger charge is -2.26. The molecular weight excluding hydrogens is 308 g/mol. The molecule has 2 N–H and O–H groups in total. The molecule has 0 aliphatic heterocycles. The minimum absolute atomic E-state index is 0.229. The van der Waals surface area contributed by atoms with Gasteiger partial charge in [-0.15, -0.1) is 0 Å². The van der Waals surface area contributed by atoms with E-state index in [2.05, 4.69) is 15.4 Å². The number of hydrogen-bond acceptors (Lipinski definition) is 5. The molecule has 2 aromatic rings.